The Hall–Kier alpha value is -1.88. The van der Waals surface area contributed by atoms with Crippen molar-refractivity contribution in [2.24, 2.45) is 17.6 Å². The van der Waals surface area contributed by atoms with Gasteiger partial charge in [0.15, 0.2) is 0 Å². The summed E-state index contributed by atoms with van der Waals surface area (Å²) in [5, 5.41) is 0. The second-order valence-corrected chi connectivity index (χ2v) is 4.65. The van der Waals surface area contributed by atoms with Crippen molar-refractivity contribution >= 4 is 11.9 Å². The van der Waals surface area contributed by atoms with Crippen LogP contribution in [0.4, 0.5) is 0 Å². The average Bonchev–Trinajstić information content (AvgIpc) is 3.24. The standard InChI is InChI=1S/C14H17NO4/c1-18-13(16)11-7-10(11)12(15)14(17)19-8-9-5-3-2-4-6-9/h2-6,10-12H,7-8,15H2,1H3/t10-,11-,12-/m1/s1. The minimum absolute atomic E-state index is 0.157. The fourth-order valence-electron chi connectivity index (χ4n) is 2.03. The molecule has 0 saturated heterocycles. The molecule has 1 aliphatic carbocycles. The van der Waals surface area contributed by atoms with E-state index in [-0.39, 0.29) is 24.4 Å². The fraction of sp³-hybridized carbons (Fsp3) is 0.429. The summed E-state index contributed by atoms with van der Waals surface area (Å²) in [4.78, 5) is 23.0. The molecule has 1 saturated carbocycles. The van der Waals surface area contributed by atoms with Crippen LogP contribution in [0.1, 0.15) is 12.0 Å². The van der Waals surface area contributed by atoms with Crippen molar-refractivity contribution in [1.82, 2.24) is 0 Å². The molecule has 0 aliphatic heterocycles. The number of esters is 2. The van der Waals surface area contributed by atoms with Gasteiger partial charge in [-0.25, -0.2) is 0 Å². The summed E-state index contributed by atoms with van der Waals surface area (Å²) in [6, 6.07) is 8.62. The van der Waals surface area contributed by atoms with Crippen LogP contribution in [0.5, 0.6) is 0 Å². The molecule has 102 valence electrons. The Labute approximate surface area is 111 Å². The van der Waals surface area contributed by atoms with Gasteiger partial charge in [-0.1, -0.05) is 30.3 Å². The summed E-state index contributed by atoms with van der Waals surface area (Å²) < 4.78 is 9.75. The van der Waals surface area contributed by atoms with E-state index in [1.807, 2.05) is 30.3 Å². The summed E-state index contributed by atoms with van der Waals surface area (Å²) >= 11 is 0. The highest BCUT2D eigenvalue weighted by Gasteiger charge is 2.50. The Bertz CT molecular complexity index is 460. The van der Waals surface area contributed by atoms with Crippen molar-refractivity contribution in [2.45, 2.75) is 19.1 Å². The van der Waals surface area contributed by atoms with E-state index in [4.69, 9.17) is 10.5 Å². The van der Waals surface area contributed by atoms with Crippen LogP contribution in [0.25, 0.3) is 0 Å². The predicted octanol–water partition coefficient (Wildman–Crippen LogP) is 0.866. The summed E-state index contributed by atoms with van der Waals surface area (Å²) in [7, 11) is 1.33. The van der Waals surface area contributed by atoms with Crippen LogP contribution in [-0.4, -0.2) is 25.1 Å². The van der Waals surface area contributed by atoms with Crippen LogP contribution in [0, 0.1) is 11.8 Å². The molecule has 0 unspecified atom stereocenters. The third-order valence-corrected chi connectivity index (χ3v) is 3.30. The van der Waals surface area contributed by atoms with E-state index in [2.05, 4.69) is 4.74 Å². The van der Waals surface area contributed by atoms with Crippen LogP contribution in [0.2, 0.25) is 0 Å². The van der Waals surface area contributed by atoms with E-state index < -0.39 is 12.0 Å². The number of carbonyl (C=O) groups is 2. The number of methoxy groups -OCH3 is 1. The summed E-state index contributed by atoms with van der Waals surface area (Å²) in [5.74, 6) is -1.20. The zero-order valence-corrected chi connectivity index (χ0v) is 10.7. The average molecular weight is 263 g/mol. The van der Waals surface area contributed by atoms with Crippen molar-refractivity contribution in [3.63, 3.8) is 0 Å². The molecule has 3 atom stereocenters. The zero-order valence-electron chi connectivity index (χ0n) is 10.7. The van der Waals surface area contributed by atoms with Gasteiger partial charge < -0.3 is 15.2 Å². The van der Waals surface area contributed by atoms with Crippen LogP contribution in [0.3, 0.4) is 0 Å². The Morgan fingerprint density at radius 2 is 2.05 bits per heavy atom. The lowest BCUT2D eigenvalue weighted by atomic mass is 10.1. The van der Waals surface area contributed by atoms with Gasteiger partial charge in [-0.3, -0.25) is 9.59 Å². The van der Waals surface area contributed by atoms with Gasteiger partial charge in [0.1, 0.15) is 12.6 Å². The van der Waals surface area contributed by atoms with E-state index in [1.165, 1.54) is 7.11 Å². The summed E-state index contributed by atoms with van der Waals surface area (Å²) in [6.45, 7) is 0.197. The predicted molar refractivity (Wildman–Crippen MR) is 67.8 cm³/mol. The van der Waals surface area contributed by atoms with Crippen LogP contribution in [-0.2, 0) is 25.7 Å². The minimum Gasteiger partial charge on any atom is -0.469 e. The number of hydrogen-bond acceptors (Lipinski definition) is 5. The second kappa shape index (κ2) is 5.84. The van der Waals surface area contributed by atoms with Gasteiger partial charge in [-0.15, -0.1) is 0 Å². The highest BCUT2D eigenvalue weighted by molar-refractivity contribution is 5.81. The number of benzene rings is 1. The molecule has 1 aliphatic rings. The third kappa shape index (κ3) is 3.32. The molecule has 5 heteroatoms. The lowest BCUT2D eigenvalue weighted by molar-refractivity contribution is -0.147. The van der Waals surface area contributed by atoms with Gasteiger partial charge >= 0.3 is 11.9 Å². The normalized spacial score (nSPS) is 22.4. The van der Waals surface area contributed by atoms with Gasteiger partial charge in [0, 0.05) is 0 Å². The first-order valence-corrected chi connectivity index (χ1v) is 6.17. The molecule has 0 amide bonds. The molecular formula is C14H17NO4. The van der Waals surface area contributed by atoms with Crippen LogP contribution < -0.4 is 5.73 Å². The largest absolute Gasteiger partial charge is 0.469 e. The van der Waals surface area contributed by atoms with Gasteiger partial charge in [0.2, 0.25) is 0 Å². The molecule has 1 fully saturated rings. The molecule has 19 heavy (non-hydrogen) atoms. The molecule has 0 aromatic heterocycles. The van der Waals surface area contributed by atoms with Crippen molar-refractivity contribution in [2.75, 3.05) is 7.11 Å². The van der Waals surface area contributed by atoms with Crippen LogP contribution >= 0.6 is 0 Å². The first kappa shape index (κ1) is 13.5. The molecule has 2 rings (SSSR count). The molecule has 0 bridgehead atoms. The van der Waals surface area contributed by atoms with Gasteiger partial charge in [-0.2, -0.15) is 0 Å². The van der Waals surface area contributed by atoms with E-state index in [0.29, 0.717) is 6.42 Å². The molecule has 5 nitrogen and oxygen atoms in total. The first-order valence-electron chi connectivity index (χ1n) is 6.17. The lowest BCUT2D eigenvalue weighted by Gasteiger charge is -2.11. The number of hydrogen-bond donors (Lipinski definition) is 1. The smallest absolute Gasteiger partial charge is 0.323 e. The Kier molecular flexibility index (Phi) is 4.16. The van der Waals surface area contributed by atoms with E-state index in [0.717, 1.165) is 5.56 Å². The Morgan fingerprint density at radius 3 is 2.68 bits per heavy atom. The monoisotopic (exact) mass is 263 g/mol. The summed E-state index contributed by atoms with van der Waals surface area (Å²) in [6.07, 6.45) is 0.592. The number of nitrogens with two attached hydrogens (primary N) is 1. The minimum atomic E-state index is -0.757. The SMILES string of the molecule is COC(=O)[C@@H]1C[C@H]1[C@@H](N)C(=O)OCc1ccccc1. The molecule has 0 heterocycles. The van der Waals surface area contributed by atoms with Crippen molar-refractivity contribution in [3.05, 3.63) is 35.9 Å². The van der Waals surface area contributed by atoms with Crippen molar-refractivity contribution in [3.8, 4) is 0 Å². The lowest BCUT2D eigenvalue weighted by Crippen LogP contribution is -2.35. The molecule has 0 radical (unpaired) electrons. The number of carbonyl (C=O) groups excluding carboxylic acids is 2. The van der Waals surface area contributed by atoms with Gasteiger partial charge in [-0.05, 0) is 17.9 Å². The van der Waals surface area contributed by atoms with Gasteiger partial charge in [0.25, 0.3) is 0 Å². The quantitative estimate of drug-likeness (QED) is 0.797. The Balaban J connectivity index is 1.79. The maximum Gasteiger partial charge on any atom is 0.323 e. The van der Waals surface area contributed by atoms with E-state index in [9.17, 15) is 9.59 Å². The Morgan fingerprint density at radius 1 is 1.37 bits per heavy atom. The third-order valence-electron chi connectivity index (χ3n) is 3.30. The molecule has 0 spiro atoms. The fourth-order valence-corrected chi connectivity index (χ4v) is 2.03. The maximum absolute atomic E-state index is 11.8. The topological polar surface area (TPSA) is 78.6 Å². The first-order chi connectivity index (χ1) is 9.13. The van der Waals surface area contributed by atoms with Crippen molar-refractivity contribution < 1.29 is 19.1 Å². The molecular weight excluding hydrogens is 246 g/mol. The molecule has 1 aromatic carbocycles. The number of ether oxygens (including phenoxy) is 2. The zero-order chi connectivity index (χ0) is 13.8. The second-order valence-electron chi connectivity index (χ2n) is 4.65. The highest BCUT2D eigenvalue weighted by atomic mass is 16.5. The maximum atomic E-state index is 11.8. The molecule has 2 N–H and O–H groups in total. The van der Waals surface area contributed by atoms with Crippen LogP contribution in [0.15, 0.2) is 30.3 Å². The highest BCUT2D eigenvalue weighted by Crippen LogP contribution is 2.41. The van der Waals surface area contributed by atoms with E-state index >= 15 is 0 Å². The summed E-state index contributed by atoms with van der Waals surface area (Å²) in [5.41, 5.74) is 6.69. The van der Waals surface area contributed by atoms with E-state index in [1.54, 1.807) is 0 Å². The van der Waals surface area contributed by atoms with Gasteiger partial charge in [0.05, 0.1) is 13.0 Å². The van der Waals surface area contributed by atoms with Crippen molar-refractivity contribution in [1.29, 1.82) is 0 Å². The number of rotatable bonds is 5. The molecule has 1 aromatic rings.